The number of nitrogens with one attached hydrogen (secondary N) is 1. The van der Waals surface area contributed by atoms with Crippen LogP contribution in [-0.2, 0) is 11.3 Å². The van der Waals surface area contributed by atoms with Crippen molar-refractivity contribution in [1.82, 2.24) is 5.32 Å². The van der Waals surface area contributed by atoms with Gasteiger partial charge in [0.05, 0.1) is 19.3 Å². The molecule has 0 bridgehead atoms. The minimum absolute atomic E-state index is 0.175. The molecule has 0 saturated carbocycles. The molecule has 0 aliphatic carbocycles. The molecule has 114 valence electrons. The summed E-state index contributed by atoms with van der Waals surface area (Å²) >= 11 is 0. The van der Waals surface area contributed by atoms with Gasteiger partial charge in [0.2, 0.25) is 0 Å². The lowest BCUT2D eigenvalue weighted by molar-refractivity contribution is 0.195. The minimum Gasteiger partial charge on any atom is -0.490 e. The highest BCUT2D eigenvalue weighted by Gasteiger charge is 2.13. The Balaban J connectivity index is 2.81. The molecule has 1 aromatic carbocycles. The zero-order chi connectivity index (χ0) is 14.8. The van der Waals surface area contributed by atoms with Crippen LogP contribution < -0.4 is 14.8 Å². The molecule has 0 amide bonds. The van der Waals surface area contributed by atoms with E-state index in [1.807, 2.05) is 19.1 Å². The quantitative estimate of drug-likeness (QED) is 0.669. The first-order valence-corrected chi connectivity index (χ1v) is 7.33. The Morgan fingerprint density at radius 3 is 2.70 bits per heavy atom. The Morgan fingerprint density at radius 2 is 2.05 bits per heavy atom. The van der Waals surface area contributed by atoms with Gasteiger partial charge < -0.3 is 19.5 Å². The molecule has 4 heteroatoms. The summed E-state index contributed by atoms with van der Waals surface area (Å²) in [5.41, 5.74) is 1.12. The average Bonchev–Trinajstić information content (AvgIpc) is 2.46. The largest absolute Gasteiger partial charge is 0.490 e. The Hall–Kier alpha value is -1.26. The van der Waals surface area contributed by atoms with Gasteiger partial charge in [-0.3, -0.25) is 0 Å². The van der Waals surface area contributed by atoms with Crippen LogP contribution in [0.15, 0.2) is 18.2 Å². The monoisotopic (exact) mass is 281 g/mol. The Morgan fingerprint density at radius 1 is 1.25 bits per heavy atom. The summed E-state index contributed by atoms with van der Waals surface area (Å²) in [4.78, 5) is 0. The Labute approximate surface area is 122 Å². The molecular weight excluding hydrogens is 254 g/mol. The van der Waals surface area contributed by atoms with Crippen LogP contribution in [0, 0.1) is 0 Å². The standard InChI is InChI=1S/C16H27NO3/c1-5-13(3)20-16-14(12-17-10-11-18-4)8-7-9-15(16)19-6-2/h7-9,13,17H,5-6,10-12H2,1-4H3. The first kappa shape index (κ1) is 16.8. The number of methoxy groups -OCH3 is 1. The van der Waals surface area contributed by atoms with Gasteiger partial charge in [-0.2, -0.15) is 0 Å². The predicted octanol–water partition coefficient (Wildman–Crippen LogP) is 3.00. The van der Waals surface area contributed by atoms with Crippen LogP contribution in [0.25, 0.3) is 0 Å². The number of ether oxygens (including phenoxy) is 3. The second kappa shape index (κ2) is 9.61. The van der Waals surface area contributed by atoms with Crippen LogP contribution in [0.2, 0.25) is 0 Å². The Kier molecular flexibility index (Phi) is 8.07. The van der Waals surface area contributed by atoms with E-state index < -0.39 is 0 Å². The maximum atomic E-state index is 6.04. The molecule has 0 radical (unpaired) electrons. The number of rotatable bonds is 10. The van der Waals surface area contributed by atoms with Crippen molar-refractivity contribution < 1.29 is 14.2 Å². The molecular formula is C16H27NO3. The highest BCUT2D eigenvalue weighted by atomic mass is 16.5. The molecule has 1 N–H and O–H groups in total. The van der Waals surface area contributed by atoms with Gasteiger partial charge in [-0.15, -0.1) is 0 Å². The summed E-state index contributed by atoms with van der Waals surface area (Å²) in [5.74, 6) is 1.67. The summed E-state index contributed by atoms with van der Waals surface area (Å²) in [6.45, 7) is 9.07. The molecule has 1 aromatic rings. The third-order valence-corrected chi connectivity index (χ3v) is 3.05. The molecule has 20 heavy (non-hydrogen) atoms. The number of para-hydroxylation sites is 1. The molecule has 1 atom stereocenters. The first-order valence-electron chi connectivity index (χ1n) is 7.33. The smallest absolute Gasteiger partial charge is 0.166 e. The third kappa shape index (κ3) is 5.39. The number of hydrogen-bond donors (Lipinski definition) is 1. The zero-order valence-electron chi connectivity index (χ0n) is 13.1. The van der Waals surface area contributed by atoms with Crippen LogP contribution in [0.1, 0.15) is 32.8 Å². The van der Waals surface area contributed by atoms with Crippen molar-refractivity contribution in [2.24, 2.45) is 0 Å². The lowest BCUT2D eigenvalue weighted by atomic mass is 10.1. The fraction of sp³-hybridized carbons (Fsp3) is 0.625. The fourth-order valence-electron chi connectivity index (χ4n) is 1.79. The van der Waals surface area contributed by atoms with Gasteiger partial charge in [-0.25, -0.2) is 0 Å². The minimum atomic E-state index is 0.175. The molecule has 0 aliphatic rings. The topological polar surface area (TPSA) is 39.7 Å². The van der Waals surface area contributed by atoms with Gasteiger partial charge in [0.1, 0.15) is 0 Å². The fourth-order valence-corrected chi connectivity index (χ4v) is 1.79. The normalized spacial score (nSPS) is 12.2. The maximum absolute atomic E-state index is 6.04. The maximum Gasteiger partial charge on any atom is 0.166 e. The third-order valence-electron chi connectivity index (χ3n) is 3.05. The summed E-state index contributed by atoms with van der Waals surface area (Å²) in [6.07, 6.45) is 1.14. The van der Waals surface area contributed by atoms with E-state index in [1.165, 1.54) is 0 Å². The average molecular weight is 281 g/mol. The molecule has 0 fully saturated rings. The first-order chi connectivity index (χ1) is 9.72. The van der Waals surface area contributed by atoms with Crippen LogP contribution >= 0.6 is 0 Å². The van der Waals surface area contributed by atoms with Crippen molar-refractivity contribution in [1.29, 1.82) is 0 Å². The molecule has 0 aliphatic heterocycles. The SMILES string of the molecule is CCOc1cccc(CNCCOC)c1OC(C)CC. The van der Waals surface area contributed by atoms with E-state index >= 15 is 0 Å². The van der Waals surface area contributed by atoms with Gasteiger partial charge in [-0.05, 0) is 26.3 Å². The number of hydrogen-bond acceptors (Lipinski definition) is 4. The van der Waals surface area contributed by atoms with Crippen LogP contribution in [0.4, 0.5) is 0 Å². The number of benzene rings is 1. The van der Waals surface area contributed by atoms with Crippen molar-refractivity contribution in [2.45, 2.75) is 39.8 Å². The molecule has 1 unspecified atom stereocenters. The van der Waals surface area contributed by atoms with E-state index in [0.717, 1.165) is 36.6 Å². The van der Waals surface area contributed by atoms with Gasteiger partial charge in [0, 0.05) is 25.8 Å². The molecule has 4 nitrogen and oxygen atoms in total. The lowest BCUT2D eigenvalue weighted by Crippen LogP contribution is -2.20. The van der Waals surface area contributed by atoms with Crippen molar-refractivity contribution in [3.05, 3.63) is 23.8 Å². The second-order valence-corrected chi connectivity index (χ2v) is 4.68. The van der Waals surface area contributed by atoms with E-state index in [-0.39, 0.29) is 6.10 Å². The molecule has 0 aromatic heterocycles. The van der Waals surface area contributed by atoms with Crippen molar-refractivity contribution >= 4 is 0 Å². The van der Waals surface area contributed by atoms with Crippen molar-refractivity contribution in [3.8, 4) is 11.5 Å². The molecule has 0 saturated heterocycles. The van der Waals surface area contributed by atoms with Crippen LogP contribution in [-0.4, -0.2) is 33.0 Å². The van der Waals surface area contributed by atoms with Gasteiger partial charge in [0.25, 0.3) is 0 Å². The summed E-state index contributed by atoms with van der Waals surface area (Å²) in [5, 5.41) is 3.34. The second-order valence-electron chi connectivity index (χ2n) is 4.68. The van der Waals surface area contributed by atoms with E-state index in [4.69, 9.17) is 14.2 Å². The van der Waals surface area contributed by atoms with Crippen molar-refractivity contribution in [3.63, 3.8) is 0 Å². The molecule has 0 heterocycles. The predicted molar refractivity (Wildman–Crippen MR) is 81.6 cm³/mol. The van der Waals surface area contributed by atoms with Gasteiger partial charge in [0.15, 0.2) is 11.5 Å². The summed E-state index contributed by atoms with van der Waals surface area (Å²) < 4.78 is 16.7. The lowest BCUT2D eigenvalue weighted by Gasteiger charge is -2.19. The van der Waals surface area contributed by atoms with E-state index in [2.05, 4.69) is 25.2 Å². The van der Waals surface area contributed by atoms with Crippen LogP contribution in [0.3, 0.4) is 0 Å². The molecule has 0 spiro atoms. The van der Waals surface area contributed by atoms with Gasteiger partial charge >= 0.3 is 0 Å². The van der Waals surface area contributed by atoms with Crippen molar-refractivity contribution in [2.75, 3.05) is 26.9 Å². The van der Waals surface area contributed by atoms with E-state index in [1.54, 1.807) is 7.11 Å². The highest BCUT2D eigenvalue weighted by molar-refractivity contribution is 5.46. The Bertz CT molecular complexity index is 382. The highest BCUT2D eigenvalue weighted by Crippen LogP contribution is 2.32. The summed E-state index contributed by atoms with van der Waals surface area (Å²) in [7, 11) is 1.70. The van der Waals surface area contributed by atoms with E-state index in [9.17, 15) is 0 Å². The summed E-state index contributed by atoms with van der Waals surface area (Å²) in [6, 6.07) is 6.03. The van der Waals surface area contributed by atoms with Crippen LogP contribution in [0.5, 0.6) is 11.5 Å². The van der Waals surface area contributed by atoms with Gasteiger partial charge in [-0.1, -0.05) is 19.1 Å². The van der Waals surface area contributed by atoms with E-state index in [0.29, 0.717) is 13.2 Å². The zero-order valence-corrected chi connectivity index (χ0v) is 13.1. The molecule has 1 rings (SSSR count).